The van der Waals surface area contributed by atoms with Crippen molar-refractivity contribution in [3.8, 4) is 5.75 Å². The maximum absolute atomic E-state index is 12.3. The monoisotopic (exact) mass is 325 g/mol. The van der Waals surface area contributed by atoms with Crippen LogP contribution in [0.5, 0.6) is 5.75 Å². The topological polar surface area (TPSA) is 81.6 Å². The molecule has 0 saturated carbocycles. The van der Waals surface area contributed by atoms with E-state index < -0.39 is 0 Å². The molecular weight excluding hydrogens is 310 g/mol. The van der Waals surface area contributed by atoms with Crippen molar-refractivity contribution >= 4 is 5.91 Å². The minimum Gasteiger partial charge on any atom is -0.484 e. The van der Waals surface area contributed by atoms with Gasteiger partial charge in [-0.15, -0.1) is 0 Å². The molecule has 0 unspecified atom stereocenters. The Hall–Kier alpha value is -3.09. The third kappa shape index (κ3) is 2.88. The number of oxazole rings is 2. The van der Waals surface area contributed by atoms with Gasteiger partial charge < -0.3 is 18.5 Å². The summed E-state index contributed by atoms with van der Waals surface area (Å²) in [5.41, 5.74) is 0.878. The summed E-state index contributed by atoms with van der Waals surface area (Å²) in [7, 11) is 0. The van der Waals surface area contributed by atoms with Crippen molar-refractivity contribution in [2.45, 2.75) is 19.6 Å². The lowest BCUT2D eigenvalue weighted by molar-refractivity contribution is 0.0686. The molecule has 0 radical (unpaired) electrons. The Morgan fingerprint density at radius 2 is 2.17 bits per heavy atom. The zero-order chi connectivity index (χ0) is 16.4. The van der Waals surface area contributed by atoms with Crippen molar-refractivity contribution in [3.05, 3.63) is 66.0 Å². The highest BCUT2D eigenvalue weighted by Gasteiger charge is 2.27. The summed E-state index contributed by atoms with van der Waals surface area (Å²) in [5, 5.41) is 0. The van der Waals surface area contributed by atoms with Crippen LogP contribution in [-0.2, 0) is 19.6 Å². The summed E-state index contributed by atoms with van der Waals surface area (Å²) < 4.78 is 16.5. The molecule has 0 fully saturated rings. The van der Waals surface area contributed by atoms with Crippen LogP contribution < -0.4 is 4.74 Å². The summed E-state index contributed by atoms with van der Waals surface area (Å²) in [4.78, 5) is 22.2. The number of ether oxygens (including phenoxy) is 1. The van der Waals surface area contributed by atoms with Crippen molar-refractivity contribution in [1.82, 2.24) is 14.9 Å². The maximum atomic E-state index is 12.3. The highest BCUT2D eigenvalue weighted by Crippen LogP contribution is 2.22. The first-order chi connectivity index (χ1) is 11.8. The molecular formula is C17H15N3O4. The van der Waals surface area contributed by atoms with Gasteiger partial charge in [0.05, 0.1) is 18.4 Å². The Morgan fingerprint density at radius 3 is 2.96 bits per heavy atom. The van der Waals surface area contributed by atoms with Gasteiger partial charge in [-0.05, 0) is 12.1 Å². The first-order valence-corrected chi connectivity index (χ1v) is 7.62. The molecule has 1 aliphatic rings. The minimum absolute atomic E-state index is 0.198. The lowest BCUT2D eigenvalue weighted by atomic mass is 10.1. The highest BCUT2D eigenvalue weighted by molar-refractivity contribution is 5.91. The molecule has 0 bridgehead atoms. The Morgan fingerprint density at radius 1 is 1.29 bits per heavy atom. The van der Waals surface area contributed by atoms with Crippen molar-refractivity contribution in [2.75, 3.05) is 6.54 Å². The van der Waals surface area contributed by atoms with E-state index in [2.05, 4.69) is 9.97 Å². The predicted molar refractivity (Wildman–Crippen MR) is 82.2 cm³/mol. The largest absolute Gasteiger partial charge is 0.484 e. The van der Waals surface area contributed by atoms with Gasteiger partial charge in [0.15, 0.2) is 13.0 Å². The fourth-order valence-corrected chi connectivity index (χ4v) is 2.62. The quantitative estimate of drug-likeness (QED) is 0.733. The van der Waals surface area contributed by atoms with Crippen LogP contribution in [0.4, 0.5) is 0 Å². The molecule has 3 aromatic rings. The smallest absolute Gasteiger partial charge is 0.291 e. The minimum atomic E-state index is -0.198. The van der Waals surface area contributed by atoms with Crippen LogP contribution >= 0.6 is 0 Å². The summed E-state index contributed by atoms with van der Waals surface area (Å²) in [5.74, 6) is 2.00. The first kappa shape index (κ1) is 14.5. The van der Waals surface area contributed by atoms with Gasteiger partial charge in [0.1, 0.15) is 11.5 Å². The van der Waals surface area contributed by atoms with Crippen LogP contribution in [0.1, 0.15) is 27.9 Å². The van der Waals surface area contributed by atoms with Crippen LogP contribution in [0.25, 0.3) is 0 Å². The normalized spacial score (nSPS) is 13.6. The zero-order valence-corrected chi connectivity index (χ0v) is 12.8. The van der Waals surface area contributed by atoms with Gasteiger partial charge in [-0.2, -0.15) is 0 Å². The number of hydrogen-bond donors (Lipinski definition) is 0. The van der Waals surface area contributed by atoms with Gasteiger partial charge in [0, 0.05) is 13.0 Å². The number of amides is 1. The van der Waals surface area contributed by atoms with E-state index in [1.54, 1.807) is 4.90 Å². The Kier molecular flexibility index (Phi) is 3.74. The number of fused-ring (bicyclic) bond motifs is 1. The third-order valence-corrected chi connectivity index (χ3v) is 3.81. The van der Waals surface area contributed by atoms with Crippen LogP contribution in [0, 0.1) is 0 Å². The summed E-state index contributed by atoms with van der Waals surface area (Å²) in [6, 6.07) is 9.49. The summed E-state index contributed by atoms with van der Waals surface area (Å²) in [6.45, 7) is 1.19. The highest BCUT2D eigenvalue weighted by atomic mass is 16.5. The molecule has 0 spiro atoms. The van der Waals surface area contributed by atoms with E-state index >= 15 is 0 Å². The summed E-state index contributed by atoms with van der Waals surface area (Å²) >= 11 is 0. The van der Waals surface area contributed by atoms with E-state index in [-0.39, 0.29) is 18.3 Å². The SMILES string of the molecule is O=C(c1cnco1)N1CCc2nc(COc3ccccc3)oc2C1. The molecule has 7 heteroatoms. The van der Waals surface area contributed by atoms with E-state index in [9.17, 15) is 4.79 Å². The van der Waals surface area contributed by atoms with Gasteiger partial charge >= 0.3 is 0 Å². The van der Waals surface area contributed by atoms with E-state index in [0.717, 1.165) is 11.4 Å². The second-order valence-electron chi connectivity index (χ2n) is 5.42. The number of para-hydroxylation sites is 1. The Bertz CT molecular complexity index is 827. The second kappa shape index (κ2) is 6.19. The predicted octanol–water partition coefficient (Wildman–Crippen LogP) is 2.44. The lowest BCUT2D eigenvalue weighted by Crippen LogP contribution is -2.35. The lowest BCUT2D eigenvalue weighted by Gasteiger charge is -2.23. The van der Waals surface area contributed by atoms with Crippen LogP contribution in [0.3, 0.4) is 0 Å². The van der Waals surface area contributed by atoms with Crippen molar-refractivity contribution in [1.29, 1.82) is 0 Å². The number of nitrogens with zero attached hydrogens (tertiary/aromatic N) is 3. The number of hydrogen-bond acceptors (Lipinski definition) is 6. The number of carbonyl (C=O) groups excluding carboxylic acids is 1. The molecule has 0 saturated heterocycles. The van der Waals surface area contributed by atoms with Gasteiger partial charge in [-0.1, -0.05) is 18.2 Å². The van der Waals surface area contributed by atoms with Crippen molar-refractivity contribution < 1.29 is 18.4 Å². The van der Waals surface area contributed by atoms with Crippen molar-refractivity contribution in [2.24, 2.45) is 0 Å². The standard InChI is InChI=1S/C17H15N3O4/c21-17(14-8-18-11-23-14)20-7-6-13-15(9-20)24-16(19-13)10-22-12-4-2-1-3-5-12/h1-5,8,11H,6-7,9-10H2. The van der Waals surface area contributed by atoms with Gasteiger partial charge in [-0.3, -0.25) is 4.79 Å². The van der Waals surface area contributed by atoms with E-state index in [4.69, 9.17) is 13.6 Å². The molecule has 0 atom stereocenters. The molecule has 3 heterocycles. The fourth-order valence-electron chi connectivity index (χ4n) is 2.62. The average Bonchev–Trinajstić information content (AvgIpc) is 3.29. The third-order valence-electron chi connectivity index (χ3n) is 3.81. The molecule has 0 N–H and O–H groups in total. The molecule has 0 aliphatic carbocycles. The number of carbonyl (C=O) groups is 1. The fraction of sp³-hybridized carbons (Fsp3) is 0.235. The molecule has 2 aromatic heterocycles. The van der Waals surface area contributed by atoms with Gasteiger partial charge in [0.2, 0.25) is 11.7 Å². The van der Waals surface area contributed by atoms with Crippen molar-refractivity contribution in [3.63, 3.8) is 0 Å². The molecule has 1 aliphatic heterocycles. The van der Waals surface area contributed by atoms with E-state index in [1.807, 2.05) is 30.3 Å². The number of rotatable bonds is 4. The van der Waals surface area contributed by atoms with Gasteiger partial charge in [0.25, 0.3) is 5.91 Å². The molecule has 1 amide bonds. The van der Waals surface area contributed by atoms with Gasteiger partial charge in [-0.25, -0.2) is 9.97 Å². The molecule has 1 aromatic carbocycles. The second-order valence-corrected chi connectivity index (χ2v) is 5.42. The molecule has 122 valence electrons. The van der Waals surface area contributed by atoms with Crippen LogP contribution in [0.2, 0.25) is 0 Å². The first-order valence-electron chi connectivity index (χ1n) is 7.62. The molecule has 7 nitrogen and oxygen atoms in total. The summed E-state index contributed by atoms with van der Waals surface area (Å²) in [6.07, 6.45) is 3.30. The number of aromatic nitrogens is 2. The Balaban J connectivity index is 1.43. The molecule has 24 heavy (non-hydrogen) atoms. The average molecular weight is 325 g/mol. The van der Waals surface area contributed by atoms with Crippen LogP contribution in [0.15, 0.2) is 51.8 Å². The zero-order valence-electron chi connectivity index (χ0n) is 12.8. The number of benzene rings is 1. The van der Waals surface area contributed by atoms with E-state index in [0.29, 0.717) is 31.2 Å². The molecule has 4 rings (SSSR count). The van der Waals surface area contributed by atoms with Crippen LogP contribution in [-0.4, -0.2) is 27.3 Å². The maximum Gasteiger partial charge on any atom is 0.291 e. The van der Waals surface area contributed by atoms with E-state index in [1.165, 1.54) is 12.6 Å². The Labute approximate surface area is 137 Å².